The van der Waals surface area contributed by atoms with Crippen LogP contribution >= 0.6 is 0 Å². The number of nitrogens with one attached hydrogen (secondary N) is 1. The number of hydrogen-bond acceptors (Lipinski definition) is 3. The van der Waals surface area contributed by atoms with Crippen LogP contribution in [0.4, 0.5) is 0 Å². The molecule has 1 heterocycles. The third-order valence-electron chi connectivity index (χ3n) is 2.83. The molecule has 1 unspecified atom stereocenters. The third kappa shape index (κ3) is 3.67. The van der Waals surface area contributed by atoms with Gasteiger partial charge in [-0.25, -0.2) is 0 Å². The lowest BCUT2D eigenvalue weighted by molar-refractivity contribution is 0.204. The first-order valence-electron chi connectivity index (χ1n) is 5.57. The summed E-state index contributed by atoms with van der Waals surface area (Å²) in [7, 11) is -0.547. The lowest BCUT2D eigenvalue weighted by atomic mass is 10.2. The summed E-state index contributed by atoms with van der Waals surface area (Å²) in [6.45, 7) is 8.49. The molecule has 0 saturated carbocycles. The van der Waals surface area contributed by atoms with Crippen molar-refractivity contribution in [1.82, 2.24) is 10.2 Å². The minimum Gasteiger partial charge on any atom is -0.315 e. The lowest BCUT2D eigenvalue weighted by Crippen LogP contribution is -2.48. The normalized spacial score (nSPS) is 22.4. The quantitative estimate of drug-likeness (QED) is 0.727. The van der Waals surface area contributed by atoms with Crippen LogP contribution in [-0.2, 0) is 10.8 Å². The van der Waals surface area contributed by atoms with Gasteiger partial charge in [0.25, 0.3) is 0 Å². The van der Waals surface area contributed by atoms with Gasteiger partial charge in [0.15, 0.2) is 0 Å². The summed E-state index contributed by atoms with van der Waals surface area (Å²) in [5.74, 6) is 1.73. The topological polar surface area (TPSA) is 32.3 Å². The average Bonchev–Trinajstić information content (AvgIpc) is 2.21. The number of likely N-dealkylation sites (N-methyl/N-ethyl adjacent to an activating group) is 1. The fourth-order valence-electron chi connectivity index (χ4n) is 1.86. The minimum absolute atomic E-state index is 0.547. The SMILES string of the molecule is CCNCC(CC)N1CCS(=O)CC1. The molecule has 1 aliphatic rings. The molecule has 0 aromatic carbocycles. The predicted molar refractivity (Wildman–Crippen MR) is 62.1 cm³/mol. The second-order valence-electron chi connectivity index (χ2n) is 3.75. The molecule has 0 spiro atoms. The molecule has 0 aromatic heterocycles. The molecule has 14 heavy (non-hydrogen) atoms. The van der Waals surface area contributed by atoms with Gasteiger partial charge in [0, 0.05) is 48.0 Å². The van der Waals surface area contributed by atoms with Gasteiger partial charge >= 0.3 is 0 Å². The van der Waals surface area contributed by atoms with Crippen molar-refractivity contribution in [3.63, 3.8) is 0 Å². The Morgan fingerprint density at radius 3 is 2.50 bits per heavy atom. The maximum absolute atomic E-state index is 11.2. The van der Waals surface area contributed by atoms with Crippen molar-refractivity contribution in [1.29, 1.82) is 0 Å². The molecule has 0 aromatic rings. The number of rotatable bonds is 5. The maximum atomic E-state index is 11.2. The van der Waals surface area contributed by atoms with E-state index >= 15 is 0 Å². The van der Waals surface area contributed by atoms with E-state index in [0.29, 0.717) is 6.04 Å². The van der Waals surface area contributed by atoms with Crippen molar-refractivity contribution in [2.24, 2.45) is 0 Å². The molecule has 3 nitrogen and oxygen atoms in total. The van der Waals surface area contributed by atoms with E-state index < -0.39 is 10.8 Å². The molecule has 0 radical (unpaired) electrons. The predicted octanol–water partition coefficient (Wildman–Crippen LogP) is 0.439. The molecule has 84 valence electrons. The van der Waals surface area contributed by atoms with Crippen LogP contribution < -0.4 is 5.32 Å². The Kier molecular flexibility index (Phi) is 5.67. The van der Waals surface area contributed by atoms with Crippen LogP contribution in [0.5, 0.6) is 0 Å². The first-order chi connectivity index (χ1) is 6.77. The fraction of sp³-hybridized carbons (Fsp3) is 1.00. The van der Waals surface area contributed by atoms with Crippen molar-refractivity contribution in [2.75, 3.05) is 37.7 Å². The summed E-state index contributed by atoms with van der Waals surface area (Å²) in [6, 6.07) is 0.632. The van der Waals surface area contributed by atoms with Gasteiger partial charge in [-0.3, -0.25) is 9.11 Å². The Hall–Kier alpha value is 0.0700. The number of nitrogens with zero attached hydrogens (tertiary/aromatic N) is 1. The van der Waals surface area contributed by atoms with E-state index in [1.54, 1.807) is 0 Å². The molecule has 1 rings (SSSR count). The Morgan fingerprint density at radius 1 is 1.36 bits per heavy atom. The van der Waals surface area contributed by atoms with Gasteiger partial charge in [-0.05, 0) is 13.0 Å². The molecule has 0 aliphatic carbocycles. The zero-order chi connectivity index (χ0) is 10.4. The second-order valence-corrected chi connectivity index (χ2v) is 5.45. The summed E-state index contributed by atoms with van der Waals surface area (Å²) in [5, 5.41) is 3.39. The minimum atomic E-state index is -0.547. The molecule has 1 atom stereocenters. The second kappa shape index (κ2) is 6.53. The zero-order valence-corrected chi connectivity index (χ0v) is 10.1. The Morgan fingerprint density at radius 2 is 2.00 bits per heavy atom. The van der Waals surface area contributed by atoms with Gasteiger partial charge in [0.1, 0.15) is 0 Å². The van der Waals surface area contributed by atoms with Crippen LogP contribution in [-0.4, -0.2) is 52.8 Å². The molecule has 0 amide bonds. The average molecular weight is 218 g/mol. The van der Waals surface area contributed by atoms with Crippen LogP contribution in [0.25, 0.3) is 0 Å². The smallest absolute Gasteiger partial charge is 0.0363 e. The lowest BCUT2D eigenvalue weighted by Gasteiger charge is -2.33. The van der Waals surface area contributed by atoms with Crippen molar-refractivity contribution in [2.45, 2.75) is 26.3 Å². The van der Waals surface area contributed by atoms with Gasteiger partial charge < -0.3 is 5.32 Å². The first-order valence-corrected chi connectivity index (χ1v) is 7.06. The van der Waals surface area contributed by atoms with E-state index in [9.17, 15) is 4.21 Å². The molecular weight excluding hydrogens is 196 g/mol. The molecule has 4 heteroatoms. The summed E-state index contributed by atoms with van der Waals surface area (Å²) in [4.78, 5) is 2.48. The van der Waals surface area contributed by atoms with Gasteiger partial charge in [-0.1, -0.05) is 13.8 Å². The molecule has 1 N–H and O–H groups in total. The highest BCUT2D eigenvalue weighted by molar-refractivity contribution is 7.85. The molecule has 1 aliphatic heterocycles. The zero-order valence-electron chi connectivity index (χ0n) is 9.29. The van der Waals surface area contributed by atoms with E-state index in [1.807, 2.05) is 0 Å². The summed E-state index contributed by atoms with van der Waals surface area (Å²) in [5.41, 5.74) is 0. The van der Waals surface area contributed by atoms with E-state index in [0.717, 1.165) is 37.7 Å². The summed E-state index contributed by atoms with van der Waals surface area (Å²) >= 11 is 0. The van der Waals surface area contributed by atoms with Gasteiger partial charge in [-0.2, -0.15) is 0 Å². The fourth-order valence-corrected chi connectivity index (χ4v) is 2.94. The van der Waals surface area contributed by atoms with Crippen LogP contribution in [0.1, 0.15) is 20.3 Å². The highest BCUT2D eigenvalue weighted by Gasteiger charge is 2.21. The van der Waals surface area contributed by atoms with Crippen LogP contribution in [0.2, 0.25) is 0 Å². The van der Waals surface area contributed by atoms with Crippen molar-refractivity contribution in [3.8, 4) is 0 Å². The standard InChI is InChI=1S/C10H22N2OS/c1-3-10(9-11-4-2)12-5-7-14(13)8-6-12/h10-11H,3-9H2,1-2H3. The van der Waals surface area contributed by atoms with Crippen LogP contribution in [0.3, 0.4) is 0 Å². The highest BCUT2D eigenvalue weighted by Crippen LogP contribution is 2.07. The molecule has 1 saturated heterocycles. The van der Waals surface area contributed by atoms with Crippen LogP contribution in [0, 0.1) is 0 Å². The van der Waals surface area contributed by atoms with Crippen molar-refractivity contribution >= 4 is 10.8 Å². The summed E-state index contributed by atoms with van der Waals surface area (Å²) < 4.78 is 11.2. The van der Waals surface area contributed by atoms with E-state index in [-0.39, 0.29) is 0 Å². The molecule has 0 bridgehead atoms. The Balaban J connectivity index is 2.32. The van der Waals surface area contributed by atoms with Gasteiger partial charge in [0.2, 0.25) is 0 Å². The first kappa shape index (κ1) is 12.1. The van der Waals surface area contributed by atoms with E-state index in [2.05, 4.69) is 24.1 Å². The molecule has 1 fully saturated rings. The third-order valence-corrected chi connectivity index (χ3v) is 4.11. The van der Waals surface area contributed by atoms with Gasteiger partial charge in [0.05, 0.1) is 0 Å². The molecular formula is C10H22N2OS. The maximum Gasteiger partial charge on any atom is 0.0363 e. The Bertz CT molecular complexity index is 177. The van der Waals surface area contributed by atoms with E-state index in [1.165, 1.54) is 6.42 Å². The van der Waals surface area contributed by atoms with Crippen molar-refractivity contribution < 1.29 is 4.21 Å². The monoisotopic (exact) mass is 218 g/mol. The largest absolute Gasteiger partial charge is 0.315 e. The van der Waals surface area contributed by atoms with E-state index in [4.69, 9.17) is 0 Å². The van der Waals surface area contributed by atoms with Crippen molar-refractivity contribution in [3.05, 3.63) is 0 Å². The number of hydrogen-bond donors (Lipinski definition) is 1. The van der Waals surface area contributed by atoms with Gasteiger partial charge in [-0.15, -0.1) is 0 Å². The highest BCUT2D eigenvalue weighted by atomic mass is 32.2. The summed E-state index contributed by atoms with van der Waals surface area (Å²) in [6.07, 6.45) is 1.18. The Labute approximate surface area is 89.7 Å². The van der Waals surface area contributed by atoms with Crippen LogP contribution in [0.15, 0.2) is 0 Å².